The molecule has 3 rings (SSSR count). The SMILES string of the molecule is C=C(C#N)C(c1ccccc1Br)C(C(=O)c1ccc(OC)cc1)c1ccc(OC)cc1. The molecule has 3 aromatic carbocycles. The van der Waals surface area contributed by atoms with Crippen molar-refractivity contribution < 1.29 is 14.3 Å². The van der Waals surface area contributed by atoms with E-state index >= 15 is 0 Å². The van der Waals surface area contributed by atoms with Crippen LogP contribution in [0.1, 0.15) is 33.3 Å². The lowest BCUT2D eigenvalue weighted by molar-refractivity contribution is 0.0951. The molecule has 0 N–H and O–H groups in total. The number of nitrogens with zero attached hydrogens (tertiary/aromatic N) is 1. The molecule has 0 aliphatic carbocycles. The molecule has 0 fully saturated rings. The highest BCUT2D eigenvalue weighted by Crippen LogP contribution is 2.43. The number of nitriles is 1. The van der Waals surface area contributed by atoms with Gasteiger partial charge in [0.05, 0.1) is 26.2 Å². The van der Waals surface area contributed by atoms with Crippen LogP contribution in [0, 0.1) is 11.3 Å². The Labute approximate surface area is 190 Å². The molecule has 0 heterocycles. The van der Waals surface area contributed by atoms with E-state index in [4.69, 9.17) is 9.47 Å². The van der Waals surface area contributed by atoms with E-state index in [9.17, 15) is 10.1 Å². The maximum Gasteiger partial charge on any atom is 0.171 e. The van der Waals surface area contributed by atoms with Crippen molar-refractivity contribution in [2.24, 2.45) is 0 Å². The second-order valence-electron chi connectivity index (χ2n) is 6.98. The van der Waals surface area contributed by atoms with Crippen LogP contribution in [-0.2, 0) is 0 Å². The van der Waals surface area contributed by atoms with Gasteiger partial charge in [-0.2, -0.15) is 5.26 Å². The van der Waals surface area contributed by atoms with E-state index in [1.165, 1.54) is 0 Å². The van der Waals surface area contributed by atoms with Gasteiger partial charge in [0.2, 0.25) is 0 Å². The van der Waals surface area contributed by atoms with Crippen LogP contribution in [0.3, 0.4) is 0 Å². The molecule has 0 amide bonds. The average Bonchev–Trinajstić information content (AvgIpc) is 2.82. The van der Waals surface area contributed by atoms with E-state index in [1.807, 2.05) is 48.5 Å². The Bertz CT molecular complexity index is 1110. The van der Waals surface area contributed by atoms with Crippen LogP contribution >= 0.6 is 15.9 Å². The Kier molecular flexibility index (Phi) is 7.28. The molecule has 5 heteroatoms. The van der Waals surface area contributed by atoms with Gasteiger partial charge in [-0.15, -0.1) is 0 Å². The third kappa shape index (κ3) is 4.87. The van der Waals surface area contributed by atoms with E-state index in [0.29, 0.717) is 22.6 Å². The fraction of sp³-hybridized carbons (Fsp3) is 0.154. The number of hydrogen-bond donors (Lipinski definition) is 0. The maximum atomic E-state index is 13.8. The zero-order valence-electron chi connectivity index (χ0n) is 17.3. The molecule has 2 atom stereocenters. The van der Waals surface area contributed by atoms with E-state index in [-0.39, 0.29) is 5.78 Å². The Morgan fingerprint density at radius 3 is 1.97 bits per heavy atom. The summed E-state index contributed by atoms with van der Waals surface area (Å²) in [7, 11) is 3.17. The summed E-state index contributed by atoms with van der Waals surface area (Å²) < 4.78 is 11.3. The molecule has 156 valence electrons. The van der Waals surface area contributed by atoms with Crippen LogP contribution in [-0.4, -0.2) is 20.0 Å². The fourth-order valence-electron chi connectivity index (χ4n) is 3.61. The number of halogens is 1. The predicted octanol–water partition coefficient (Wildman–Crippen LogP) is 6.30. The number of methoxy groups -OCH3 is 2. The van der Waals surface area contributed by atoms with Gasteiger partial charge in [0.1, 0.15) is 11.5 Å². The molecule has 0 aliphatic heterocycles. The summed E-state index contributed by atoms with van der Waals surface area (Å²) in [6.45, 7) is 4.00. The van der Waals surface area contributed by atoms with Crippen molar-refractivity contribution >= 4 is 21.7 Å². The normalized spacial score (nSPS) is 12.3. The van der Waals surface area contributed by atoms with Crippen molar-refractivity contribution in [3.05, 3.63) is 106 Å². The smallest absolute Gasteiger partial charge is 0.171 e. The molecule has 0 saturated carbocycles. The number of allylic oxidation sites excluding steroid dienone is 1. The van der Waals surface area contributed by atoms with Crippen molar-refractivity contribution in [3.8, 4) is 17.6 Å². The number of carbonyl (C=O) groups excluding carboxylic acids is 1. The monoisotopic (exact) mass is 475 g/mol. The highest BCUT2D eigenvalue weighted by molar-refractivity contribution is 9.10. The van der Waals surface area contributed by atoms with Crippen LogP contribution in [0.2, 0.25) is 0 Å². The van der Waals surface area contributed by atoms with Gasteiger partial charge in [-0.05, 0) is 53.6 Å². The minimum atomic E-state index is -0.648. The van der Waals surface area contributed by atoms with Crippen LogP contribution in [0.15, 0.2) is 89.4 Å². The summed E-state index contributed by atoms with van der Waals surface area (Å²) in [5.74, 6) is 0.0657. The van der Waals surface area contributed by atoms with Crippen molar-refractivity contribution in [3.63, 3.8) is 0 Å². The molecule has 0 radical (unpaired) electrons. The van der Waals surface area contributed by atoms with Crippen molar-refractivity contribution in [1.29, 1.82) is 5.26 Å². The lowest BCUT2D eigenvalue weighted by Crippen LogP contribution is -2.22. The average molecular weight is 476 g/mol. The molecule has 31 heavy (non-hydrogen) atoms. The van der Waals surface area contributed by atoms with Gasteiger partial charge in [-0.25, -0.2) is 0 Å². The van der Waals surface area contributed by atoms with E-state index in [1.54, 1.807) is 38.5 Å². The van der Waals surface area contributed by atoms with Gasteiger partial charge in [0.25, 0.3) is 0 Å². The molecule has 4 nitrogen and oxygen atoms in total. The zero-order valence-corrected chi connectivity index (χ0v) is 18.9. The van der Waals surface area contributed by atoms with Crippen LogP contribution in [0.5, 0.6) is 11.5 Å². The first-order chi connectivity index (χ1) is 15.0. The Hall–Kier alpha value is -3.36. The molecule has 2 unspecified atom stereocenters. The molecule has 0 aromatic heterocycles. The number of Topliss-reactive ketones (excluding diaryl/α,β-unsaturated/α-hetero) is 1. The molecular weight excluding hydrogens is 454 g/mol. The Morgan fingerprint density at radius 2 is 1.45 bits per heavy atom. The summed E-state index contributed by atoms with van der Waals surface area (Å²) in [6.07, 6.45) is 0. The summed E-state index contributed by atoms with van der Waals surface area (Å²) in [6, 6.07) is 24.1. The van der Waals surface area contributed by atoms with Crippen molar-refractivity contribution in [2.75, 3.05) is 14.2 Å². The summed E-state index contributed by atoms with van der Waals surface area (Å²) in [4.78, 5) is 13.8. The third-order valence-corrected chi connectivity index (χ3v) is 5.95. The molecular formula is C26H22BrNO3. The first-order valence-electron chi connectivity index (χ1n) is 9.65. The summed E-state index contributed by atoms with van der Waals surface area (Å²) in [5, 5.41) is 9.74. The fourth-order valence-corrected chi connectivity index (χ4v) is 4.14. The minimum absolute atomic E-state index is 0.107. The molecule has 3 aromatic rings. The zero-order chi connectivity index (χ0) is 22.4. The summed E-state index contributed by atoms with van der Waals surface area (Å²) in [5.41, 5.74) is 2.45. The lowest BCUT2D eigenvalue weighted by atomic mass is 9.74. The van der Waals surface area contributed by atoms with E-state index in [2.05, 4.69) is 28.6 Å². The second-order valence-corrected chi connectivity index (χ2v) is 7.83. The number of ketones is 1. The minimum Gasteiger partial charge on any atom is -0.497 e. The Balaban J connectivity index is 2.18. The number of rotatable bonds is 8. The first kappa shape index (κ1) is 22.3. The predicted molar refractivity (Wildman–Crippen MR) is 125 cm³/mol. The van der Waals surface area contributed by atoms with Gasteiger partial charge in [0.15, 0.2) is 5.78 Å². The first-order valence-corrected chi connectivity index (χ1v) is 10.4. The number of ether oxygens (including phenoxy) is 2. The van der Waals surface area contributed by atoms with Gasteiger partial charge < -0.3 is 9.47 Å². The van der Waals surface area contributed by atoms with Gasteiger partial charge in [-0.1, -0.05) is 52.8 Å². The van der Waals surface area contributed by atoms with E-state index in [0.717, 1.165) is 15.6 Å². The number of hydrogen-bond acceptors (Lipinski definition) is 4. The van der Waals surface area contributed by atoms with Crippen LogP contribution < -0.4 is 9.47 Å². The molecule has 0 saturated heterocycles. The Morgan fingerprint density at radius 1 is 0.903 bits per heavy atom. The third-order valence-electron chi connectivity index (χ3n) is 5.22. The standard InChI is InChI=1S/C26H22BrNO3/c1-17(16-28)24(22-6-4-5-7-23(22)27)25(18-8-12-20(30-2)13-9-18)26(29)19-10-14-21(31-3)15-11-19/h4-15,24-25H,1H2,2-3H3. The van der Waals surface area contributed by atoms with Gasteiger partial charge in [0, 0.05) is 21.5 Å². The van der Waals surface area contributed by atoms with Crippen LogP contribution in [0.25, 0.3) is 0 Å². The van der Waals surface area contributed by atoms with Crippen molar-refractivity contribution in [2.45, 2.75) is 11.8 Å². The summed E-state index contributed by atoms with van der Waals surface area (Å²) >= 11 is 3.58. The molecule has 0 aliphatic rings. The van der Waals surface area contributed by atoms with Gasteiger partial charge in [-0.3, -0.25) is 4.79 Å². The highest BCUT2D eigenvalue weighted by atomic mass is 79.9. The van der Waals surface area contributed by atoms with Gasteiger partial charge >= 0.3 is 0 Å². The molecule has 0 bridgehead atoms. The topological polar surface area (TPSA) is 59.3 Å². The van der Waals surface area contributed by atoms with Crippen LogP contribution in [0.4, 0.5) is 0 Å². The number of benzene rings is 3. The van der Waals surface area contributed by atoms with E-state index < -0.39 is 11.8 Å². The molecule has 0 spiro atoms. The highest BCUT2D eigenvalue weighted by Gasteiger charge is 2.35. The quantitative estimate of drug-likeness (QED) is 0.283. The second kappa shape index (κ2) is 10.1. The largest absolute Gasteiger partial charge is 0.497 e. The maximum absolute atomic E-state index is 13.8. The van der Waals surface area contributed by atoms with Crippen molar-refractivity contribution in [1.82, 2.24) is 0 Å². The number of carbonyl (C=O) groups is 1. The lowest BCUT2D eigenvalue weighted by Gasteiger charge is -2.27.